The second kappa shape index (κ2) is 9.60. The fourth-order valence-electron chi connectivity index (χ4n) is 3.79. The number of nitrogens with one attached hydrogen (secondary N) is 3. The highest BCUT2D eigenvalue weighted by atomic mass is 16.2. The summed E-state index contributed by atoms with van der Waals surface area (Å²) in [6.07, 6.45) is 7.06. The molecule has 1 aromatic heterocycles. The number of hydrogen-bond donors (Lipinski definition) is 3. The Hall–Kier alpha value is -3.10. The number of piperidine rings is 2. The van der Waals surface area contributed by atoms with Crippen LogP contribution in [0.15, 0.2) is 24.3 Å². The molecular formula is C21H30N8O. The molecule has 0 atom stereocenters. The predicted molar refractivity (Wildman–Crippen MR) is 119 cm³/mol. The van der Waals surface area contributed by atoms with Gasteiger partial charge in [0.05, 0.1) is 0 Å². The summed E-state index contributed by atoms with van der Waals surface area (Å²) >= 11 is 0. The van der Waals surface area contributed by atoms with Crippen LogP contribution in [0.2, 0.25) is 0 Å². The van der Waals surface area contributed by atoms with Crippen LogP contribution >= 0.6 is 0 Å². The second-order valence-corrected chi connectivity index (χ2v) is 7.92. The van der Waals surface area contributed by atoms with Crippen molar-refractivity contribution in [3.8, 4) is 0 Å². The maximum Gasteiger partial charge on any atom is 0.337 e. The summed E-state index contributed by atoms with van der Waals surface area (Å²) in [5.74, 6) is 1.70. The number of anilines is 4. The largest absolute Gasteiger partial charge is 0.341 e. The minimum atomic E-state index is -0.377. The molecule has 2 aliphatic rings. The van der Waals surface area contributed by atoms with Crippen LogP contribution in [0.5, 0.6) is 0 Å². The van der Waals surface area contributed by atoms with Crippen LogP contribution in [0.4, 0.5) is 28.3 Å². The van der Waals surface area contributed by atoms with E-state index in [1.807, 2.05) is 31.2 Å². The van der Waals surface area contributed by atoms with Gasteiger partial charge in [-0.25, -0.2) is 10.2 Å². The van der Waals surface area contributed by atoms with Gasteiger partial charge in [-0.05, 0) is 57.6 Å². The van der Waals surface area contributed by atoms with Gasteiger partial charge >= 0.3 is 6.03 Å². The average Bonchev–Trinajstić information content (AvgIpc) is 2.80. The lowest BCUT2D eigenvalue weighted by atomic mass is 10.1. The molecule has 2 aromatic rings. The molecule has 3 N–H and O–H groups in total. The number of aryl methyl sites for hydroxylation is 1. The molecule has 0 aliphatic carbocycles. The maximum atomic E-state index is 12.3. The van der Waals surface area contributed by atoms with Crippen molar-refractivity contribution in [2.45, 2.75) is 45.4 Å². The molecule has 3 heterocycles. The first-order valence-electron chi connectivity index (χ1n) is 10.8. The van der Waals surface area contributed by atoms with Crippen LogP contribution in [0.3, 0.4) is 0 Å². The third-order valence-electron chi connectivity index (χ3n) is 5.49. The van der Waals surface area contributed by atoms with Gasteiger partial charge < -0.3 is 15.1 Å². The van der Waals surface area contributed by atoms with E-state index in [-0.39, 0.29) is 6.03 Å². The van der Waals surface area contributed by atoms with Crippen LogP contribution < -0.4 is 26.0 Å². The summed E-state index contributed by atoms with van der Waals surface area (Å²) in [6, 6.07) is 7.25. The van der Waals surface area contributed by atoms with Gasteiger partial charge in [0.15, 0.2) is 0 Å². The van der Waals surface area contributed by atoms with Crippen molar-refractivity contribution in [2.75, 3.05) is 46.7 Å². The highest BCUT2D eigenvalue weighted by Gasteiger charge is 2.20. The number of nitrogens with zero attached hydrogens (tertiary/aromatic N) is 5. The van der Waals surface area contributed by atoms with Gasteiger partial charge in [-0.15, -0.1) is 0 Å². The van der Waals surface area contributed by atoms with E-state index in [0.717, 1.165) is 63.1 Å². The predicted octanol–water partition coefficient (Wildman–Crippen LogP) is 3.31. The van der Waals surface area contributed by atoms with Crippen molar-refractivity contribution in [2.24, 2.45) is 0 Å². The first kappa shape index (κ1) is 20.2. The third kappa shape index (κ3) is 5.28. The molecule has 0 unspecified atom stereocenters. The van der Waals surface area contributed by atoms with Crippen molar-refractivity contribution >= 4 is 29.6 Å². The molecule has 9 nitrogen and oxygen atoms in total. The smallest absolute Gasteiger partial charge is 0.337 e. The molecule has 9 heteroatoms. The van der Waals surface area contributed by atoms with E-state index in [1.165, 1.54) is 12.8 Å². The molecule has 0 bridgehead atoms. The molecule has 160 valence electrons. The van der Waals surface area contributed by atoms with Gasteiger partial charge in [-0.1, -0.05) is 17.7 Å². The summed E-state index contributed by atoms with van der Waals surface area (Å²) in [7, 11) is 0. The lowest BCUT2D eigenvalue weighted by Gasteiger charge is -2.30. The van der Waals surface area contributed by atoms with Crippen LogP contribution in [0.1, 0.15) is 44.1 Å². The third-order valence-corrected chi connectivity index (χ3v) is 5.49. The highest BCUT2D eigenvalue weighted by Crippen LogP contribution is 2.22. The van der Waals surface area contributed by atoms with Crippen molar-refractivity contribution in [3.63, 3.8) is 0 Å². The Bertz CT molecular complexity index is 808. The molecule has 0 spiro atoms. The molecule has 0 saturated carbocycles. The zero-order valence-corrected chi connectivity index (χ0v) is 17.5. The van der Waals surface area contributed by atoms with Crippen LogP contribution in [0, 0.1) is 6.92 Å². The second-order valence-electron chi connectivity index (χ2n) is 7.92. The minimum absolute atomic E-state index is 0.352. The van der Waals surface area contributed by atoms with Crippen molar-refractivity contribution < 1.29 is 4.79 Å². The average molecular weight is 411 g/mol. The number of urea groups is 1. The lowest BCUT2D eigenvalue weighted by Crippen LogP contribution is -2.37. The Labute approximate surface area is 177 Å². The molecule has 2 fully saturated rings. The fraction of sp³-hybridized carbons (Fsp3) is 0.524. The van der Waals surface area contributed by atoms with Gasteiger partial charge in [0.1, 0.15) is 0 Å². The molecule has 2 aliphatic heterocycles. The Morgan fingerprint density at radius 1 is 0.800 bits per heavy atom. The normalized spacial score (nSPS) is 16.8. The van der Waals surface area contributed by atoms with Crippen LogP contribution in [-0.4, -0.2) is 47.2 Å². The molecule has 2 amide bonds. The Balaban J connectivity index is 1.46. The van der Waals surface area contributed by atoms with E-state index in [2.05, 4.69) is 35.9 Å². The summed E-state index contributed by atoms with van der Waals surface area (Å²) in [6.45, 7) is 5.80. The van der Waals surface area contributed by atoms with Crippen LogP contribution in [-0.2, 0) is 0 Å². The zero-order valence-electron chi connectivity index (χ0n) is 17.5. The minimum Gasteiger partial charge on any atom is -0.341 e. The fourth-order valence-corrected chi connectivity index (χ4v) is 3.79. The molecule has 0 radical (unpaired) electrons. The maximum absolute atomic E-state index is 12.3. The van der Waals surface area contributed by atoms with E-state index in [9.17, 15) is 4.79 Å². The number of carbonyl (C=O) groups excluding carboxylic acids is 1. The molecule has 2 saturated heterocycles. The van der Waals surface area contributed by atoms with Gasteiger partial charge in [0.25, 0.3) is 0 Å². The van der Waals surface area contributed by atoms with E-state index < -0.39 is 0 Å². The molecule has 30 heavy (non-hydrogen) atoms. The standard InChI is InChI=1S/C21H30N8O/c1-16-8-10-17(11-9-16)22-21(30)27-26-18-23-19(28-12-4-2-5-13-28)25-20(24-18)29-14-6-3-7-15-29/h8-11H,2-7,12-15H2,1H3,(H2,22,27,30)(H,23,24,25,26). The van der Waals surface area contributed by atoms with Gasteiger partial charge in [0, 0.05) is 31.9 Å². The topological polar surface area (TPSA) is 98.3 Å². The van der Waals surface area contributed by atoms with E-state index >= 15 is 0 Å². The molecular weight excluding hydrogens is 380 g/mol. The van der Waals surface area contributed by atoms with Crippen LogP contribution in [0.25, 0.3) is 0 Å². The number of amides is 2. The van der Waals surface area contributed by atoms with E-state index in [0.29, 0.717) is 17.8 Å². The summed E-state index contributed by atoms with van der Waals surface area (Å²) in [4.78, 5) is 30.6. The van der Waals surface area contributed by atoms with Gasteiger partial charge in [-0.3, -0.25) is 5.43 Å². The van der Waals surface area contributed by atoms with E-state index in [1.54, 1.807) is 0 Å². The first-order chi connectivity index (χ1) is 14.7. The Morgan fingerprint density at radius 3 is 1.87 bits per heavy atom. The number of aromatic nitrogens is 3. The molecule has 1 aromatic carbocycles. The van der Waals surface area contributed by atoms with Crippen molar-refractivity contribution in [3.05, 3.63) is 29.8 Å². The summed E-state index contributed by atoms with van der Waals surface area (Å²) in [5, 5.41) is 2.79. The number of benzene rings is 1. The Morgan fingerprint density at radius 2 is 1.33 bits per heavy atom. The SMILES string of the molecule is Cc1ccc(NC(=O)NNc2nc(N3CCCCC3)nc(N3CCCCC3)n2)cc1. The van der Waals surface area contributed by atoms with Gasteiger partial charge in [-0.2, -0.15) is 15.0 Å². The van der Waals surface area contributed by atoms with Gasteiger partial charge in [0.2, 0.25) is 17.8 Å². The lowest BCUT2D eigenvalue weighted by molar-refractivity contribution is 0.253. The van der Waals surface area contributed by atoms with Crippen molar-refractivity contribution in [1.82, 2.24) is 20.4 Å². The number of rotatable bonds is 5. The van der Waals surface area contributed by atoms with Crippen molar-refractivity contribution in [1.29, 1.82) is 0 Å². The summed E-state index contributed by atoms with van der Waals surface area (Å²) in [5.41, 5.74) is 7.35. The molecule has 4 rings (SSSR count). The number of hydrogen-bond acceptors (Lipinski definition) is 7. The first-order valence-corrected chi connectivity index (χ1v) is 10.8. The quantitative estimate of drug-likeness (QED) is 0.651. The summed E-state index contributed by atoms with van der Waals surface area (Å²) < 4.78 is 0. The highest BCUT2D eigenvalue weighted by molar-refractivity contribution is 5.89. The number of carbonyl (C=O) groups is 1. The Kier molecular flexibility index (Phi) is 6.46. The number of hydrazine groups is 1. The monoisotopic (exact) mass is 410 g/mol. The van der Waals surface area contributed by atoms with E-state index in [4.69, 9.17) is 4.98 Å². The zero-order chi connectivity index (χ0) is 20.8.